The zero-order valence-electron chi connectivity index (χ0n) is 15.6. The largest absolute Gasteiger partial charge is 0.489 e. The Morgan fingerprint density at radius 3 is 2.41 bits per heavy atom. The molecular weight excluding hydrogens is 388 g/mol. The summed E-state index contributed by atoms with van der Waals surface area (Å²) in [6.45, 7) is 2.21. The van der Waals surface area contributed by atoms with Gasteiger partial charge < -0.3 is 4.74 Å². The van der Waals surface area contributed by atoms with Crippen LogP contribution >= 0.6 is 0 Å². The Balaban J connectivity index is 1.75. The van der Waals surface area contributed by atoms with Crippen LogP contribution in [-0.2, 0) is 21.0 Å². The van der Waals surface area contributed by atoms with Gasteiger partial charge in [-0.25, -0.2) is 0 Å². The highest BCUT2D eigenvalue weighted by Gasteiger charge is 2.16. The summed E-state index contributed by atoms with van der Waals surface area (Å²) in [7, 11) is -4.12. The van der Waals surface area contributed by atoms with Gasteiger partial charge in [0.2, 0.25) is 0 Å². The second kappa shape index (κ2) is 9.04. The van der Waals surface area contributed by atoms with Crippen LogP contribution in [-0.4, -0.2) is 14.1 Å². The van der Waals surface area contributed by atoms with Crippen molar-refractivity contribution >= 4 is 15.8 Å². The quantitative estimate of drug-likeness (QED) is 0.433. The zero-order valence-corrected chi connectivity index (χ0v) is 16.5. The van der Waals surface area contributed by atoms with E-state index < -0.39 is 10.1 Å². The summed E-state index contributed by atoms with van der Waals surface area (Å²) in [4.78, 5) is -0.0379. The maximum absolute atomic E-state index is 12.3. The molecule has 0 spiro atoms. The van der Waals surface area contributed by atoms with Crippen LogP contribution in [0.1, 0.15) is 16.7 Å². The molecule has 0 aromatic heterocycles. The second-order valence-electron chi connectivity index (χ2n) is 6.20. The van der Waals surface area contributed by atoms with Crippen molar-refractivity contribution in [3.8, 4) is 11.8 Å². The van der Waals surface area contributed by atoms with Crippen LogP contribution in [0.3, 0.4) is 0 Å². The molecule has 0 fully saturated rings. The van der Waals surface area contributed by atoms with Crippen molar-refractivity contribution in [3.05, 3.63) is 95.6 Å². The Labute approximate surface area is 169 Å². The van der Waals surface area contributed by atoms with Crippen molar-refractivity contribution in [2.75, 3.05) is 0 Å². The second-order valence-corrected chi connectivity index (χ2v) is 7.72. The molecule has 0 aliphatic carbocycles. The fourth-order valence-electron chi connectivity index (χ4n) is 2.45. The summed E-state index contributed by atoms with van der Waals surface area (Å²) in [5, 5.41) is 12.9. The van der Waals surface area contributed by atoms with Gasteiger partial charge in [0.1, 0.15) is 23.3 Å². The number of ether oxygens (including phenoxy) is 1. The number of rotatable bonds is 7. The molecule has 3 rings (SSSR count). The van der Waals surface area contributed by atoms with Crippen molar-refractivity contribution in [1.82, 2.24) is 0 Å². The lowest BCUT2D eigenvalue weighted by molar-refractivity contribution is 0.306. The molecule has 0 aliphatic heterocycles. The Morgan fingerprint density at radius 2 is 1.72 bits per heavy atom. The van der Waals surface area contributed by atoms with Gasteiger partial charge in [-0.1, -0.05) is 65.3 Å². The monoisotopic (exact) mass is 406 g/mol. The average molecular weight is 406 g/mol. The van der Waals surface area contributed by atoms with E-state index in [0.717, 1.165) is 11.1 Å². The zero-order chi connectivity index (χ0) is 20.7. The third-order valence-electron chi connectivity index (χ3n) is 4.00. The molecule has 0 saturated carbocycles. The molecule has 6 nitrogen and oxygen atoms in total. The van der Waals surface area contributed by atoms with E-state index in [1.165, 1.54) is 12.1 Å². The molecule has 29 heavy (non-hydrogen) atoms. The predicted octanol–water partition coefficient (Wildman–Crippen LogP) is 4.21. The van der Waals surface area contributed by atoms with Gasteiger partial charge in [0.05, 0.1) is 0 Å². The first-order chi connectivity index (χ1) is 14.0. The van der Waals surface area contributed by atoms with E-state index in [-0.39, 0.29) is 10.6 Å². The standard InChI is InChI=1S/C22H18N2O4S/c1-17-10-12-21(13-11-17)29(25,26)28-24-22(15-23)19-8-5-9-20(14-19)27-16-18-6-3-2-4-7-18/h2-14H,16H2,1H3/b24-22+. The number of oxime groups is 1. The van der Waals surface area contributed by atoms with E-state index in [0.29, 0.717) is 17.9 Å². The van der Waals surface area contributed by atoms with Gasteiger partial charge in [0.15, 0.2) is 5.71 Å². The highest BCUT2D eigenvalue weighted by Crippen LogP contribution is 2.18. The van der Waals surface area contributed by atoms with Gasteiger partial charge >= 0.3 is 10.1 Å². The van der Waals surface area contributed by atoms with Crippen LogP contribution in [0.4, 0.5) is 0 Å². The number of hydrogen-bond donors (Lipinski definition) is 0. The van der Waals surface area contributed by atoms with Crippen molar-refractivity contribution in [2.24, 2.45) is 5.16 Å². The van der Waals surface area contributed by atoms with Crippen LogP contribution in [0.5, 0.6) is 5.75 Å². The maximum atomic E-state index is 12.3. The van der Waals surface area contributed by atoms with E-state index in [9.17, 15) is 13.7 Å². The van der Waals surface area contributed by atoms with Gasteiger partial charge in [-0.05, 0) is 36.8 Å². The van der Waals surface area contributed by atoms with E-state index in [1.54, 1.807) is 36.4 Å². The summed E-state index contributed by atoms with van der Waals surface area (Å²) in [5.41, 5.74) is 2.13. The molecule has 7 heteroatoms. The summed E-state index contributed by atoms with van der Waals surface area (Å²) in [6, 6.07) is 24.3. The lowest BCUT2D eigenvalue weighted by Crippen LogP contribution is -2.06. The van der Waals surface area contributed by atoms with Crippen molar-refractivity contribution in [2.45, 2.75) is 18.4 Å². The lowest BCUT2D eigenvalue weighted by Gasteiger charge is -2.07. The first kappa shape index (κ1) is 20.1. The third kappa shape index (κ3) is 5.43. The average Bonchev–Trinajstić information content (AvgIpc) is 2.74. The van der Waals surface area contributed by atoms with Gasteiger partial charge in [0, 0.05) is 5.56 Å². The van der Waals surface area contributed by atoms with Crippen LogP contribution < -0.4 is 4.74 Å². The lowest BCUT2D eigenvalue weighted by atomic mass is 10.1. The number of aryl methyl sites for hydroxylation is 1. The molecule has 0 atom stereocenters. The smallest absolute Gasteiger partial charge is 0.358 e. The molecule has 0 unspecified atom stereocenters. The number of nitriles is 1. The fraction of sp³-hybridized carbons (Fsp3) is 0.0909. The Bertz CT molecular complexity index is 1150. The molecule has 3 aromatic rings. The summed E-state index contributed by atoms with van der Waals surface area (Å²) in [6.07, 6.45) is 0. The molecule has 0 bridgehead atoms. The molecule has 0 aliphatic rings. The van der Waals surface area contributed by atoms with Crippen molar-refractivity contribution in [3.63, 3.8) is 0 Å². The molecular formula is C22H18N2O4S. The van der Waals surface area contributed by atoms with Crippen LogP contribution in [0, 0.1) is 18.3 Å². The minimum Gasteiger partial charge on any atom is -0.489 e. The topological polar surface area (TPSA) is 88.8 Å². The summed E-state index contributed by atoms with van der Waals surface area (Å²) in [5.74, 6) is 0.524. The SMILES string of the molecule is Cc1ccc(S(=O)(=O)O/N=C(\C#N)c2cccc(OCc3ccccc3)c2)cc1. The molecule has 0 N–H and O–H groups in total. The molecule has 0 amide bonds. The third-order valence-corrected chi connectivity index (χ3v) is 5.12. The molecule has 3 aromatic carbocycles. The van der Waals surface area contributed by atoms with Gasteiger partial charge in [0.25, 0.3) is 0 Å². The highest BCUT2D eigenvalue weighted by molar-refractivity contribution is 7.86. The number of benzene rings is 3. The predicted molar refractivity (Wildman–Crippen MR) is 109 cm³/mol. The molecule has 0 heterocycles. The van der Waals surface area contributed by atoms with Gasteiger partial charge in [-0.3, -0.25) is 4.28 Å². The summed E-state index contributed by atoms with van der Waals surface area (Å²) < 4.78 is 35.0. The Kier molecular flexibility index (Phi) is 6.27. The van der Waals surface area contributed by atoms with Gasteiger partial charge in [-0.15, -0.1) is 0 Å². The van der Waals surface area contributed by atoms with Crippen LogP contribution in [0.2, 0.25) is 0 Å². The van der Waals surface area contributed by atoms with E-state index in [1.807, 2.05) is 43.3 Å². The van der Waals surface area contributed by atoms with Crippen molar-refractivity contribution in [1.29, 1.82) is 5.26 Å². The Hall–Kier alpha value is -3.63. The Morgan fingerprint density at radius 1 is 1.00 bits per heavy atom. The highest BCUT2D eigenvalue weighted by atomic mass is 32.2. The van der Waals surface area contributed by atoms with E-state index in [2.05, 4.69) is 5.16 Å². The molecule has 0 saturated heterocycles. The van der Waals surface area contributed by atoms with Crippen LogP contribution in [0.25, 0.3) is 0 Å². The van der Waals surface area contributed by atoms with Gasteiger partial charge in [-0.2, -0.15) is 13.7 Å². The van der Waals surface area contributed by atoms with E-state index in [4.69, 9.17) is 9.02 Å². The first-order valence-electron chi connectivity index (χ1n) is 8.73. The fourth-order valence-corrected chi connectivity index (χ4v) is 3.17. The summed E-state index contributed by atoms with van der Waals surface area (Å²) >= 11 is 0. The number of nitrogens with zero attached hydrogens (tertiary/aromatic N) is 2. The molecule has 0 radical (unpaired) electrons. The number of hydrogen-bond acceptors (Lipinski definition) is 6. The minimum atomic E-state index is -4.12. The first-order valence-corrected chi connectivity index (χ1v) is 10.1. The molecule has 146 valence electrons. The van der Waals surface area contributed by atoms with Crippen LogP contribution in [0.15, 0.2) is 88.9 Å². The minimum absolute atomic E-state index is 0.0379. The van der Waals surface area contributed by atoms with Crippen molar-refractivity contribution < 1.29 is 17.4 Å². The normalized spacial score (nSPS) is 11.5. The maximum Gasteiger partial charge on any atom is 0.358 e. The van der Waals surface area contributed by atoms with E-state index >= 15 is 0 Å².